The fourth-order valence-electron chi connectivity index (χ4n) is 1.90. The van der Waals surface area contributed by atoms with E-state index in [4.69, 9.17) is 15.2 Å². The molecule has 0 spiro atoms. The van der Waals surface area contributed by atoms with Gasteiger partial charge in [0.15, 0.2) is 0 Å². The second-order valence-corrected chi connectivity index (χ2v) is 4.84. The van der Waals surface area contributed by atoms with Crippen molar-refractivity contribution in [3.63, 3.8) is 0 Å². The zero-order valence-corrected chi connectivity index (χ0v) is 12.9. The Hall–Kier alpha value is -2.60. The molecule has 0 aromatic heterocycles. The summed E-state index contributed by atoms with van der Waals surface area (Å²) in [5.74, 6) is 0.337. The molecule has 2 N–H and O–H groups in total. The van der Waals surface area contributed by atoms with Gasteiger partial charge in [-0.3, -0.25) is 4.90 Å². The molecule has 0 saturated carbocycles. The number of ether oxygens (including phenoxy) is 2. The lowest BCUT2D eigenvalue weighted by atomic mass is 10.2. The van der Waals surface area contributed by atoms with E-state index in [0.717, 1.165) is 0 Å². The predicted molar refractivity (Wildman–Crippen MR) is 86.4 cm³/mol. The Morgan fingerprint density at radius 3 is 2.65 bits per heavy atom. The van der Waals surface area contributed by atoms with Gasteiger partial charge in [-0.1, -0.05) is 18.2 Å². The summed E-state index contributed by atoms with van der Waals surface area (Å²) in [6.07, 6.45) is 0.0279. The zero-order valence-electron chi connectivity index (χ0n) is 12.9. The first kappa shape index (κ1) is 16.8. The van der Waals surface area contributed by atoms with Crippen LogP contribution in [0.4, 0.5) is 14.9 Å². The van der Waals surface area contributed by atoms with Crippen LogP contribution in [0.2, 0.25) is 0 Å². The van der Waals surface area contributed by atoms with E-state index in [2.05, 4.69) is 0 Å². The lowest BCUT2D eigenvalue weighted by Gasteiger charge is -2.20. The van der Waals surface area contributed by atoms with Gasteiger partial charge in [0.25, 0.3) is 0 Å². The topological polar surface area (TPSA) is 64.8 Å². The second kappa shape index (κ2) is 8.14. The number of hydrogen-bond acceptors (Lipinski definition) is 4. The molecule has 0 heterocycles. The van der Waals surface area contributed by atoms with Crippen LogP contribution in [0.15, 0.2) is 48.5 Å². The molecule has 0 fully saturated rings. The number of carbonyl (C=O) groups is 1. The van der Waals surface area contributed by atoms with Crippen molar-refractivity contribution in [3.05, 3.63) is 54.3 Å². The van der Waals surface area contributed by atoms with E-state index in [1.165, 1.54) is 30.1 Å². The van der Waals surface area contributed by atoms with E-state index in [9.17, 15) is 9.18 Å². The number of carbonyl (C=O) groups excluding carboxylic acids is 1. The van der Waals surface area contributed by atoms with Gasteiger partial charge in [-0.15, -0.1) is 0 Å². The largest absolute Gasteiger partial charge is 0.491 e. The van der Waals surface area contributed by atoms with Crippen LogP contribution in [-0.2, 0) is 0 Å². The Bertz CT molecular complexity index is 650. The number of amides is 1. The molecule has 0 saturated heterocycles. The van der Waals surface area contributed by atoms with E-state index >= 15 is 0 Å². The molecule has 23 heavy (non-hydrogen) atoms. The van der Waals surface area contributed by atoms with Crippen LogP contribution in [0.5, 0.6) is 11.5 Å². The summed E-state index contributed by atoms with van der Waals surface area (Å²) in [4.78, 5) is 13.4. The standard InChI is InChI=1S/C17H19FN2O3/c1-20(17(21)23-14-6-3-2-4-7-14)15-12-13(18)8-9-16(15)22-11-5-10-19/h2-4,6-9,12H,5,10-11,19H2,1H3. The fourth-order valence-corrected chi connectivity index (χ4v) is 1.90. The van der Waals surface area contributed by atoms with Crippen LogP contribution in [0.1, 0.15) is 6.42 Å². The minimum absolute atomic E-state index is 0.294. The van der Waals surface area contributed by atoms with Crippen molar-refractivity contribution in [2.45, 2.75) is 6.42 Å². The van der Waals surface area contributed by atoms with Crippen LogP contribution in [-0.4, -0.2) is 26.3 Å². The number of hydrogen-bond donors (Lipinski definition) is 1. The summed E-state index contributed by atoms with van der Waals surface area (Å²) in [6, 6.07) is 12.6. The molecule has 1 amide bonds. The molecular weight excluding hydrogens is 299 g/mol. The first-order valence-corrected chi connectivity index (χ1v) is 7.25. The molecule has 0 atom stereocenters. The number of benzene rings is 2. The van der Waals surface area contributed by atoms with Crippen molar-refractivity contribution >= 4 is 11.8 Å². The second-order valence-electron chi connectivity index (χ2n) is 4.84. The molecule has 6 heteroatoms. The quantitative estimate of drug-likeness (QED) is 0.831. The summed E-state index contributed by atoms with van der Waals surface area (Å²) in [5.41, 5.74) is 5.72. The maximum Gasteiger partial charge on any atom is 0.419 e. The Morgan fingerprint density at radius 2 is 1.96 bits per heavy atom. The van der Waals surface area contributed by atoms with E-state index in [1.807, 2.05) is 6.07 Å². The van der Waals surface area contributed by atoms with Gasteiger partial charge in [0.05, 0.1) is 12.3 Å². The third kappa shape index (κ3) is 4.69. The lowest BCUT2D eigenvalue weighted by molar-refractivity contribution is 0.208. The van der Waals surface area contributed by atoms with Gasteiger partial charge < -0.3 is 15.2 Å². The molecule has 0 aliphatic rings. The van der Waals surface area contributed by atoms with E-state index in [0.29, 0.717) is 36.8 Å². The molecule has 0 radical (unpaired) electrons. The molecule has 122 valence electrons. The Kier molecular flexibility index (Phi) is 5.94. The van der Waals surface area contributed by atoms with Crippen LogP contribution in [0, 0.1) is 5.82 Å². The van der Waals surface area contributed by atoms with Gasteiger partial charge in [-0.05, 0) is 37.2 Å². The SMILES string of the molecule is CN(C(=O)Oc1ccccc1)c1cc(F)ccc1OCCCN. The predicted octanol–water partition coefficient (Wildman–Crippen LogP) is 3.19. The molecular formula is C17H19FN2O3. The lowest BCUT2D eigenvalue weighted by Crippen LogP contribution is -2.30. The molecule has 0 bridgehead atoms. The smallest absolute Gasteiger partial charge is 0.419 e. The Labute approximate surface area is 134 Å². The van der Waals surface area contributed by atoms with E-state index in [1.54, 1.807) is 24.3 Å². The highest BCUT2D eigenvalue weighted by Crippen LogP contribution is 2.29. The van der Waals surface area contributed by atoms with Crippen LogP contribution in [0.25, 0.3) is 0 Å². The van der Waals surface area contributed by atoms with Crippen molar-refractivity contribution in [2.75, 3.05) is 25.1 Å². The highest BCUT2D eigenvalue weighted by atomic mass is 19.1. The van der Waals surface area contributed by atoms with Crippen LogP contribution in [0.3, 0.4) is 0 Å². The third-order valence-corrected chi connectivity index (χ3v) is 3.11. The van der Waals surface area contributed by atoms with Gasteiger partial charge in [0.2, 0.25) is 0 Å². The number of para-hydroxylation sites is 1. The van der Waals surface area contributed by atoms with Crippen molar-refractivity contribution in [2.24, 2.45) is 5.73 Å². The van der Waals surface area contributed by atoms with Crippen LogP contribution >= 0.6 is 0 Å². The van der Waals surface area contributed by atoms with Crippen molar-refractivity contribution < 1.29 is 18.7 Å². The van der Waals surface area contributed by atoms with Gasteiger partial charge in [-0.25, -0.2) is 9.18 Å². The monoisotopic (exact) mass is 318 g/mol. The Balaban J connectivity index is 2.14. The van der Waals surface area contributed by atoms with Gasteiger partial charge in [-0.2, -0.15) is 0 Å². The van der Waals surface area contributed by atoms with E-state index in [-0.39, 0.29) is 0 Å². The molecule has 2 rings (SSSR count). The maximum absolute atomic E-state index is 13.5. The molecule has 0 aliphatic heterocycles. The van der Waals surface area contributed by atoms with Crippen molar-refractivity contribution in [3.8, 4) is 11.5 Å². The summed E-state index contributed by atoms with van der Waals surface area (Å²) in [5, 5.41) is 0. The zero-order chi connectivity index (χ0) is 16.7. The fraction of sp³-hybridized carbons (Fsp3) is 0.235. The summed E-state index contributed by atoms with van der Waals surface area (Å²) >= 11 is 0. The molecule has 2 aromatic carbocycles. The summed E-state index contributed by atoms with van der Waals surface area (Å²) < 4.78 is 24.3. The molecule has 0 aliphatic carbocycles. The minimum Gasteiger partial charge on any atom is -0.491 e. The average molecular weight is 318 g/mol. The molecule has 2 aromatic rings. The number of nitrogens with zero attached hydrogens (tertiary/aromatic N) is 1. The Morgan fingerprint density at radius 1 is 1.22 bits per heavy atom. The first-order chi connectivity index (χ1) is 11.1. The average Bonchev–Trinajstić information content (AvgIpc) is 2.56. The first-order valence-electron chi connectivity index (χ1n) is 7.25. The van der Waals surface area contributed by atoms with Gasteiger partial charge in [0.1, 0.15) is 17.3 Å². The minimum atomic E-state index is -0.634. The number of nitrogens with two attached hydrogens (primary N) is 1. The maximum atomic E-state index is 13.5. The van der Waals surface area contributed by atoms with Gasteiger partial charge >= 0.3 is 6.09 Å². The highest BCUT2D eigenvalue weighted by Gasteiger charge is 2.18. The van der Waals surface area contributed by atoms with Crippen molar-refractivity contribution in [1.29, 1.82) is 0 Å². The van der Waals surface area contributed by atoms with Gasteiger partial charge in [0, 0.05) is 13.1 Å². The molecule has 5 nitrogen and oxygen atoms in total. The highest BCUT2D eigenvalue weighted by molar-refractivity contribution is 5.90. The summed E-state index contributed by atoms with van der Waals surface area (Å²) in [6.45, 7) is 0.874. The molecule has 0 unspecified atom stereocenters. The van der Waals surface area contributed by atoms with E-state index < -0.39 is 11.9 Å². The van der Waals surface area contributed by atoms with Crippen molar-refractivity contribution in [1.82, 2.24) is 0 Å². The number of anilines is 1. The van der Waals surface area contributed by atoms with Crippen LogP contribution < -0.4 is 20.1 Å². The third-order valence-electron chi connectivity index (χ3n) is 3.11. The number of rotatable bonds is 6. The number of halogens is 1. The normalized spacial score (nSPS) is 10.2. The summed E-state index contributed by atoms with van der Waals surface area (Å²) in [7, 11) is 1.50.